The Bertz CT molecular complexity index is 66.1. The Hall–Kier alpha value is 0.844. The van der Waals surface area contributed by atoms with Crippen molar-refractivity contribution in [3.8, 4) is 0 Å². The first-order chi connectivity index (χ1) is 6.41. The molecule has 13 heavy (non-hydrogen) atoms. The molecule has 54 valence electrons. The zero-order chi connectivity index (χ0) is 9.78. The van der Waals surface area contributed by atoms with E-state index in [1.807, 2.05) is 0 Å². The van der Waals surface area contributed by atoms with Crippen LogP contribution < -0.4 is 0 Å². The number of rotatable bonds is 10. The Morgan fingerprint density at radius 2 is 0.615 bits per heavy atom. The summed E-state index contributed by atoms with van der Waals surface area (Å²) in [4.78, 5) is 0. The third kappa shape index (κ3) is 12.8. The minimum absolute atomic E-state index is 1.37. The molecule has 0 fully saturated rings. The summed E-state index contributed by atoms with van der Waals surface area (Å²) in [7, 11) is 20.5. The smallest absolute Gasteiger partial charge is 0.0379 e. The van der Waals surface area contributed by atoms with Crippen LogP contribution >= 0.6 is 0 Å². The number of hydrogen-bond donors (Lipinski definition) is 0. The van der Waals surface area contributed by atoms with E-state index in [9.17, 15) is 0 Å². The van der Waals surface area contributed by atoms with Crippen molar-refractivity contribution in [2.45, 2.75) is 0 Å². The highest BCUT2D eigenvalue weighted by atomic mass is 12.8. The van der Waals surface area contributed by atoms with Gasteiger partial charge >= 0.3 is 0 Å². The van der Waals surface area contributed by atoms with E-state index in [0.717, 1.165) is 0 Å². The Balaban J connectivity index is 2.76. The first-order valence-electron chi connectivity index (χ1n) is 6.41. The van der Waals surface area contributed by atoms with Crippen molar-refractivity contribution in [2.75, 3.05) is 0 Å². The van der Waals surface area contributed by atoms with Crippen LogP contribution in [-0.2, 0) is 0 Å². The van der Waals surface area contributed by atoms with E-state index in [1.165, 1.54) is 77.7 Å². The summed E-state index contributed by atoms with van der Waals surface area (Å²) in [5.74, 6) is 0. The van der Waals surface area contributed by atoms with E-state index in [0.29, 0.717) is 0 Å². The van der Waals surface area contributed by atoms with Crippen LogP contribution in [0.3, 0.4) is 0 Å². The van der Waals surface area contributed by atoms with Gasteiger partial charge in [-0.25, -0.2) is 0 Å². The summed E-state index contributed by atoms with van der Waals surface area (Å²) in [6, 6.07) is 0. The highest BCUT2D eigenvalue weighted by molar-refractivity contribution is 7.71. The fourth-order valence-corrected chi connectivity index (χ4v) is 1.74. The molecule has 0 nitrogen and oxygen atoms in total. The Morgan fingerprint density at radius 1 is 0.385 bits per heavy atom. The van der Waals surface area contributed by atoms with Crippen molar-refractivity contribution < 1.29 is 0 Å². The second-order valence-corrected chi connectivity index (χ2v) is 4.18. The molecule has 0 saturated heterocycles. The maximum Gasteiger partial charge on any atom is 0.0597 e. The SMILES string of the molecule is BBBBBBBBBBBBB. The fraction of sp³-hybridized carbons (Fsp3) is 0. The van der Waals surface area contributed by atoms with E-state index >= 15 is 0 Å². The van der Waals surface area contributed by atoms with Crippen LogP contribution in [0.2, 0.25) is 0 Å². The molecule has 0 aliphatic heterocycles. The molecule has 13 heteroatoms. The minimum Gasteiger partial charge on any atom is 0.0379 e. The van der Waals surface area contributed by atoms with E-state index < -0.39 is 0 Å². The van der Waals surface area contributed by atoms with Gasteiger partial charge in [-0.3, -0.25) is 0 Å². The molecule has 0 aromatic rings. The first kappa shape index (κ1) is 13.8. The van der Waals surface area contributed by atoms with E-state index in [1.54, 1.807) is 0 Å². The average molecular weight is 156 g/mol. The monoisotopic (exact) mass is 158 g/mol. The van der Waals surface area contributed by atoms with Crippen molar-refractivity contribution >= 4 is 93.1 Å². The predicted molar refractivity (Wildman–Crippen MR) is 95.7 cm³/mol. The molecule has 0 aromatic carbocycles. The minimum atomic E-state index is 1.37. The first-order valence-corrected chi connectivity index (χ1v) is 6.41. The van der Waals surface area contributed by atoms with Crippen LogP contribution in [0, 0.1) is 0 Å². The maximum absolute atomic E-state index is 2.28. The molecule has 0 radical (unpaired) electrons. The standard InChI is InChI=1S/B13H15/c1-3-5-7-9-11-13-12-10-8-6-4-2/h3-13H,1-2H2. The Labute approximate surface area is 93.3 Å². The normalized spacial score (nSPS) is 7.08. The van der Waals surface area contributed by atoms with E-state index in [-0.39, 0.29) is 0 Å². The van der Waals surface area contributed by atoms with Crippen LogP contribution in [0.25, 0.3) is 0 Å². The molecule has 0 aliphatic carbocycles. The number of hydrogen-bond acceptors (Lipinski definition) is 0. The summed E-state index contributed by atoms with van der Waals surface area (Å²) in [5.41, 5.74) is 0. The maximum atomic E-state index is 2.28. The highest BCUT2D eigenvalue weighted by Crippen LogP contribution is 1.58. The molecule has 0 rings (SSSR count). The van der Waals surface area contributed by atoms with Crippen molar-refractivity contribution in [1.29, 1.82) is 0 Å². The van der Waals surface area contributed by atoms with Gasteiger partial charge in [0.25, 0.3) is 0 Å². The molecule has 0 aromatic heterocycles. The largest absolute Gasteiger partial charge is 0.0597 e. The molecule has 0 aliphatic rings. The lowest BCUT2D eigenvalue weighted by Crippen LogP contribution is -2.33. The van der Waals surface area contributed by atoms with Gasteiger partial charge in [0.15, 0.2) is 0 Å². The van der Waals surface area contributed by atoms with Gasteiger partial charge in [-0.1, -0.05) is 0 Å². The second kappa shape index (κ2) is 12.8. The topological polar surface area (TPSA) is 0 Å². The quantitative estimate of drug-likeness (QED) is 0.217. The zero-order valence-corrected chi connectivity index (χ0v) is 9.78. The van der Waals surface area contributed by atoms with Crippen molar-refractivity contribution in [2.24, 2.45) is 0 Å². The molecule has 0 bridgehead atoms. The summed E-state index contributed by atoms with van der Waals surface area (Å²) in [5, 5.41) is 0. The summed E-state index contributed by atoms with van der Waals surface area (Å²) in [6.07, 6.45) is 0. The van der Waals surface area contributed by atoms with Crippen molar-refractivity contribution in [3.05, 3.63) is 0 Å². The van der Waals surface area contributed by atoms with Crippen LogP contribution in [0.4, 0.5) is 0 Å². The fourth-order valence-electron chi connectivity index (χ4n) is 1.74. The summed E-state index contributed by atoms with van der Waals surface area (Å²) in [6.45, 7) is 0. The van der Waals surface area contributed by atoms with Gasteiger partial charge in [0.2, 0.25) is 0 Å². The van der Waals surface area contributed by atoms with Crippen molar-refractivity contribution in [3.63, 3.8) is 0 Å². The third-order valence-electron chi connectivity index (χ3n) is 2.71. The summed E-state index contributed by atoms with van der Waals surface area (Å²) >= 11 is 0. The summed E-state index contributed by atoms with van der Waals surface area (Å²) < 4.78 is 0. The second-order valence-electron chi connectivity index (χ2n) is 4.18. The third-order valence-corrected chi connectivity index (χ3v) is 2.71. The van der Waals surface area contributed by atoms with Crippen LogP contribution in [0.1, 0.15) is 0 Å². The van der Waals surface area contributed by atoms with E-state index in [2.05, 4.69) is 15.5 Å². The lowest BCUT2D eigenvalue weighted by atomic mass is 8.86. The average Bonchev–Trinajstić information content (AvgIpc) is 2.16. The molecule has 0 heterocycles. The van der Waals surface area contributed by atoms with Gasteiger partial charge in [0, 0.05) is 77.7 Å². The van der Waals surface area contributed by atoms with Gasteiger partial charge in [0.05, 0.1) is 15.5 Å². The van der Waals surface area contributed by atoms with Crippen LogP contribution in [0.5, 0.6) is 0 Å². The van der Waals surface area contributed by atoms with Gasteiger partial charge in [-0.2, -0.15) is 0 Å². The van der Waals surface area contributed by atoms with Crippen LogP contribution in [-0.4, -0.2) is 93.1 Å². The molecule has 0 spiro atoms. The van der Waals surface area contributed by atoms with E-state index in [4.69, 9.17) is 0 Å². The lowest BCUT2D eigenvalue weighted by molar-refractivity contribution is 3.81. The Kier molecular flexibility index (Phi) is 13.7. The molecular weight excluding hydrogens is 141 g/mol. The van der Waals surface area contributed by atoms with Gasteiger partial charge in [-0.05, 0) is 0 Å². The molecule has 0 N–H and O–H groups in total. The Morgan fingerprint density at radius 3 is 0.846 bits per heavy atom. The predicted octanol–water partition coefficient (Wildman–Crippen LogP) is -8.97. The molecule has 0 unspecified atom stereocenters. The van der Waals surface area contributed by atoms with Crippen molar-refractivity contribution in [1.82, 2.24) is 0 Å². The molecule has 0 saturated carbocycles. The van der Waals surface area contributed by atoms with Crippen LogP contribution in [0.15, 0.2) is 0 Å². The van der Waals surface area contributed by atoms with Gasteiger partial charge in [-0.15, -0.1) is 0 Å². The zero-order valence-electron chi connectivity index (χ0n) is 9.78. The van der Waals surface area contributed by atoms with Gasteiger partial charge in [0.1, 0.15) is 0 Å². The highest BCUT2D eigenvalue weighted by Gasteiger charge is 2.00. The van der Waals surface area contributed by atoms with Gasteiger partial charge < -0.3 is 0 Å². The molecular formula is H15B13. The molecule has 0 atom stereocenters. The lowest BCUT2D eigenvalue weighted by Gasteiger charge is -1.91. The molecule has 0 amide bonds.